The van der Waals surface area contributed by atoms with Crippen LogP contribution < -0.4 is 0 Å². The number of hydrogen-bond acceptors (Lipinski definition) is 2. The van der Waals surface area contributed by atoms with Gasteiger partial charge in [0.05, 0.1) is 12.5 Å². The van der Waals surface area contributed by atoms with Gasteiger partial charge in [-0.05, 0) is 23.6 Å². The maximum absolute atomic E-state index is 13.4. The van der Waals surface area contributed by atoms with Gasteiger partial charge in [-0.25, -0.2) is 9.18 Å². The van der Waals surface area contributed by atoms with Gasteiger partial charge in [0.25, 0.3) is 0 Å². The summed E-state index contributed by atoms with van der Waals surface area (Å²) in [5.74, 6) is -1.41. The molecule has 16 heavy (non-hydrogen) atoms. The standard InChI is InChI=1S/C11H10ClFO3/c12-5-8-6-3-4-16-10(11(14)15)7(6)1-2-9(8)13/h1-2,10H,3-5H2,(H,14,15)/t10-/m1/s1. The van der Waals surface area contributed by atoms with Crippen LogP contribution in [-0.2, 0) is 21.8 Å². The number of carbonyl (C=O) groups is 1. The highest BCUT2D eigenvalue weighted by molar-refractivity contribution is 6.17. The van der Waals surface area contributed by atoms with Gasteiger partial charge < -0.3 is 9.84 Å². The highest BCUT2D eigenvalue weighted by Gasteiger charge is 2.29. The number of rotatable bonds is 2. The fourth-order valence-electron chi connectivity index (χ4n) is 1.94. The lowest BCUT2D eigenvalue weighted by molar-refractivity contribution is -0.151. The molecule has 86 valence electrons. The van der Waals surface area contributed by atoms with E-state index in [0.717, 1.165) is 0 Å². The van der Waals surface area contributed by atoms with Gasteiger partial charge in [0.1, 0.15) is 5.82 Å². The van der Waals surface area contributed by atoms with Gasteiger partial charge in [-0.15, -0.1) is 11.6 Å². The van der Waals surface area contributed by atoms with Crippen LogP contribution in [0.1, 0.15) is 22.8 Å². The Hall–Kier alpha value is -1.13. The summed E-state index contributed by atoms with van der Waals surface area (Å²) in [5.41, 5.74) is 1.57. The molecule has 0 aromatic heterocycles. The predicted octanol–water partition coefficient (Wildman–Crippen LogP) is 2.26. The van der Waals surface area contributed by atoms with Crippen LogP contribution in [0.3, 0.4) is 0 Å². The molecule has 1 aliphatic heterocycles. The van der Waals surface area contributed by atoms with E-state index >= 15 is 0 Å². The van der Waals surface area contributed by atoms with E-state index in [-0.39, 0.29) is 18.3 Å². The predicted molar refractivity (Wildman–Crippen MR) is 56.0 cm³/mol. The SMILES string of the molecule is O=C(O)[C@@H]1OCCc2c1ccc(F)c2CCl. The van der Waals surface area contributed by atoms with Crippen molar-refractivity contribution in [3.63, 3.8) is 0 Å². The second-order valence-corrected chi connectivity index (χ2v) is 3.83. The molecule has 5 heteroatoms. The molecule has 1 N–H and O–H groups in total. The van der Waals surface area contributed by atoms with Crippen molar-refractivity contribution >= 4 is 17.6 Å². The first-order valence-electron chi connectivity index (χ1n) is 4.85. The lowest BCUT2D eigenvalue weighted by atomic mass is 9.93. The van der Waals surface area contributed by atoms with Crippen molar-refractivity contribution in [2.75, 3.05) is 6.61 Å². The van der Waals surface area contributed by atoms with E-state index in [1.165, 1.54) is 12.1 Å². The molecule has 1 aromatic rings. The Morgan fingerprint density at radius 1 is 1.62 bits per heavy atom. The summed E-state index contributed by atoms with van der Waals surface area (Å²) in [4.78, 5) is 10.9. The molecular formula is C11H10ClFO3. The van der Waals surface area contributed by atoms with Crippen molar-refractivity contribution in [2.45, 2.75) is 18.4 Å². The number of fused-ring (bicyclic) bond motifs is 1. The third-order valence-corrected chi connectivity index (χ3v) is 2.95. The minimum Gasteiger partial charge on any atom is -0.479 e. The molecule has 2 rings (SSSR count). The van der Waals surface area contributed by atoms with E-state index in [9.17, 15) is 9.18 Å². The zero-order valence-corrected chi connectivity index (χ0v) is 9.13. The number of halogens is 2. The first-order chi connectivity index (χ1) is 7.65. The van der Waals surface area contributed by atoms with Crippen molar-refractivity contribution in [2.24, 2.45) is 0 Å². The topological polar surface area (TPSA) is 46.5 Å². The summed E-state index contributed by atoms with van der Waals surface area (Å²) in [7, 11) is 0. The Labute approximate surface area is 96.8 Å². The number of alkyl halides is 1. The Morgan fingerprint density at radius 2 is 2.38 bits per heavy atom. The van der Waals surface area contributed by atoms with Crippen LogP contribution in [0.2, 0.25) is 0 Å². The van der Waals surface area contributed by atoms with E-state index in [1.54, 1.807) is 0 Å². The van der Waals surface area contributed by atoms with E-state index in [1.807, 2.05) is 0 Å². The molecule has 3 nitrogen and oxygen atoms in total. The third-order valence-electron chi connectivity index (χ3n) is 2.69. The van der Waals surface area contributed by atoms with Gasteiger partial charge in [-0.1, -0.05) is 6.07 Å². The number of aliphatic carboxylic acids is 1. The summed E-state index contributed by atoms with van der Waals surface area (Å²) in [6.07, 6.45) is -0.509. The lowest BCUT2D eigenvalue weighted by Gasteiger charge is -2.24. The molecule has 1 aliphatic rings. The molecule has 1 aromatic carbocycles. The summed E-state index contributed by atoms with van der Waals surface area (Å²) < 4.78 is 18.6. The molecule has 0 radical (unpaired) electrons. The fourth-order valence-corrected chi connectivity index (χ4v) is 2.23. The van der Waals surface area contributed by atoms with Crippen molar-refractivity contribution in [3.8, 4) is 0 Å². The van der Waals surface area contributed by atoms with Crippen LogP contribution in [0.4, 0.5) is 4.39 Å². The lowest BCUT2D eigenvalue weighted by Crippen LogP contribution is -2.24. The molecule has 0 bridgehead atoms. The number of hydrogen-bond donors (Lipinski definition) is 1. The second kappa shape index (κ2) is 4.39. The summed E-state index contributed by atoms with van der Waals surface area (Å²) >= 11 is 5.67. The van der Waals surface area contributed by atoms with Gasteiger partial charge in [0, 0.05) is 5.56 Å². The zero-order chi connectivity index (χ0) is 11.7. The molecule has 1 atom stereocenters. The van der Waals surface area contributed by atoms with Gasteiger partial charge >= 0.3 is 5.97 Å². The maximum Gasteiger partial charge on any atom is 0.337 e. The first kappa shape index (κ1) is 11.4. The summed E-state index contributed by atoms with van der Waals surface area (Å²) in [6.45, 7) is 0.275. The summed E-state index contributed by atoms with van der Waals surface area (Å²) in [5, 5.41) is 8.97. The van der Waals surface area contributed by atoms with Crippen LogP contribution in [0.25, 0.3) is 0 Å². The molecule has 0 unspecified atom stereocenters. The average molecular weight is 245 g/mol. The normalized spacial score (nSPS) is 19.2. The Morgan fingerprint density at radius 3 is 3.00 bits per heavy atom. The third kappa shape index (κ3) is 1.79. The van der Waals surface area contributed by atoms with E-state index in [0.29, 0.717) is 23.1 Å². The monoisotopic (exact) mass is 244 g/mol. The van der Waals surface area contributed by atoms with Crippen molar-refractivity contribution in [3.05, 3.63) is 34.6 Å². The van der Waals surface area contributed by atoms with Gasteiger partial charge in [-0.2, -0.15) is 0 Å². The van der Waals surface area contributed by atoms with Crippen LogP contribution in [0, 0.1) is 5.82 Å². The number of benzene rings is 1. The molecule has 1 heterocycles. The minimum atomic E-state index is -1.06. The second-order valence-electron chi connectivity index (χ2n) is 3.57. The molecule has 0 saturated heterocycles. The van der Waals surface area contributed by atoms with Crippen LogP contribution in [0.5, 0.6) is 0 Å². The molecule has 0 amide bonds. The molecule has 0 spiro atoms. The molecule has 0 saturated carbocycles. The molecule has 0 fully saturated rings. The van der Waals surface area contributed by atoms with Crippen molar-refractivity contribution in [1.82, 2.24) is 0 Å². The smallest absolute Gasteiger partial charge is 0.337 e. The van der Waals surface area contributed by atoms with Gasteiger partial charge in [0.2, 0.25) is 0 Å². The van der Waals surface area contributed by atoms with Crippen molar-refractivity contribution in [1.29, 1.82) is 0 Å². The number of carboxylic acids is 1. The average Bonchev–Trinajstić information content (AvgIpc) is 2.27. The minimum absolute atomic E-state index is 0.0430. The van der Waals surface area contributed by atoms with Crippen LogP contribution in [-0.4, -0.2) is 17.7 Å². The largest absolute Gasteiger partial charge is 0.479 e. The zero-order valence-electron chi connectivity index (χ0n) is 8.37. The van der Waals surface area contributed by atoms with Crippen LogP contribution >= 0.6 is 11.6 Å². The highest BCUT2D eigenvalue weighted by atomic mass is 35.5. The molecular weight excluding hydrogens is 235 g/mol. The summed E-state index contributed by atoms with van der Waals surface area (Å²) in [6, 6.07) is 2.69. The number of carboxylic acid groups (broad SMARTS) is 1. The Balaban J connectivity index is 2.55. The Bertz CT molecular complexity index is 433. The van der Waals surface area contributed by atoms with E-state index in [2.05, 4.69) is 0 Å². The van der Waals surface area contributed by atoms with Gasteiger partial charge in [-0.3, -0.25) is 0 Å². The van der Waals surface area contributed by atoms with Crippen molar-refractivity contribution < 1.29 is 19.0 Å². The van der Waals surface area contributed by atoms with E-state index in [4.69, 9.17) is 21.4 Å². The van der Waals surface area contributed by atoms with Gasteiger partial charge in [0.15, 0.2) is 6.10 Å². The highest BCUT2D eigenvalue weighted by Crippen LogP contribution is 2.31. The molecule has 0 aliphatic carbocycles. The quantitative estimate of drug-likeness (QED) is 0.812. The van der Waals surface area contributed by atoms with Crippen LogP contribution in [0.15, 0.2) is 12.1 Å². The first-order valence-corrected chi connectivity index (χ1v) is 5.39. The number of ether oxygens (including phenoxy) is 1. The van der Waals surface area contributed by atoms with E-state index < -0.39 is 12.1 Å². The maximum atomic E-state index is 13.4. The Kier molecular flexibility index (Phi) is 3.12. The fraction of sp³-hybridized carbons (Fsp3) is 0.364.